The average Bonchev–Trinajstić information content (AvgIpc) is 3.13. The first kappa shape index (κ1) is 27.0. The summed E-state index contributed by atoms with van der Waals surface area (Å²) < 4.78 is 5.81. The Kier molecular flexibility index (Phi) is 7.32. The van der Waals surface area contributed by atoms with Crippen molar-refractivity contribution in [2.24, 2.45) is 29.1 Å². The largest absolute Gasteiger partial charge is 0.457 e. The molecule has 3 N–H and O–H groups in total. The smallest absolute Gasteiger partial charge is 0.303 e. The van der Waals surface area contributed by atoms with Gasteiger partial charge in [-0.3, -0.25) is 14.4 Å². The molecule has 1 heterocycles. The lowest BCUT2D eigenvalue weighted by molar-refractivity contribution is -0.166. The maximum absolute atomic E-state index is 14.2. The van der Waals surface area contributed by atoms with Crippen LogP contribution in [0.2, 0.25) is 0 Å². The second-order valence-corrected chi connectivity index (χ2v) is 11.0. The van der Waals surface area contributed by atoms with Crippen LogP contribution >= 0.6 is 0 Å². The van der Waals surface area contributed by atoms with E-state index in [1.54, 1.807) is 19.1 Å². The molecule has 1 spiro atoms. The number of benzene rings is 1. The fourth-order valence-corrected chi connectivity index (χ4v) is 6.68. The lowest BCUT2D eigenvalue weighted by Gasteiger charge is -2.52. The molecule has 7 heteroatoms. The van der Waals surface area contributed by atoms with E-state index in [-0.39, 0.29) is 23.7 Å². The fourth-order valence-electron chi connectivity index (χ4n) is 6.68. The van der Waals surface area contributed by atoms with E-state index in [0.717, 1.165) is 5.56 Å². The Hall–Kier alpha value is -3.03. The van der Waals surface area contributed by atoms with Gasteiger partial charge in [-0.1, -0.05) is 62.9 Å². The molecule has 37 heavy (non-hydrogen) atoms. The third-order valence-corrected chi connectivity index (χ3v) is 8.53. The van der Waals surface area contributed by atoms with Gasteiger partial charge in [-0.2, -0.15) is 0 Å². The minimum Gasteiger partial charge on any atom is -0.457 e. The number of allylic oxidation sites excluding steroid dienone is 1. The number of aliphatic hydroxyl groups excluding tert-OH is 1. The summed E-state index contributed by atoms with van der Waals surface area (Å²) in [5, 5.41) is 25.7. The molecule has 1 aromatic carbocycles. The zero-order valence-corrected chi connectivity index (χ0v) is 21.9. The van der Waals surface area contributed by atoms with Gasteiger partial charge >= 0.3 is 5.97 Å². The molecule has 1 saturated heterocycles. The maximum Gasteiger partial charge on any atom is 0.303 e. The minimum atomic E-state index is -1.82. The number of nitrogens with one attached hydrogen (secondary N) is 1. The third-order valence-electron chi connectivity index (χ3n) is 8.53. The first-order valence-corrected chi connectivity index (χ1v) is 12.9. The number of hydrogen-bond acceptors (Lipinski definition) is 6. The quantitative estimate of drug-likeness (QED) is 0.428. The molecule has 1 saturated carbocycles. The molecule has 2 fully saturated rings. The highest BCUT2D eigenvalue weighted by Gasteiger charge is 2.68. The average molecular weight is 508 g/mol. The summed E-state index contributed by atoms with van der Waals surface area (Å²) in [5.74, 6) is -3.26. The van der Waals surface area contributed by atoms with E-state index in [1.807, 2.05) is 37.3 Å². The molecule has 0 aromatic heterocycles. The molecule has 0 radical (unpaired) electrons. The fraction of sp³-hybridized carbons (Fsp3) is 0.500. The summed E-state index contributed by atoms with van der Waals surface area (Å²) in [6.07, 6.45) is 5.01. The lowest BCUT2D eigenvalue weighted by atomic mass is 9.51. The van der Waals surface area contributed by atoms with E-state index < -0.39 is 46.9 Å². The second kappa shape index (κ2) is 10.0. The molecule has 0 unspecified atom stereocenters. The van der Waals surface area contributed by atoms with Gasteiger partial charge in [0.2, 0.25) is 5.91 Å². The summed E-state index contributed by atoms with van der Waals surface area (Å²) in [7, 11) is 0. The maximum atomic E-state index is 14.2. The monoisotopic (exact) mass is 507 g/mol. The molecule has 1 aliphatic heterocycles. The Labute approximate surface area is 218 Å². The predicted molar refractivity (Wildman–Crippen MR) is 139 cm³/mol. The predicted octanol–water partition coefficient (Wildman–Crippen LogP) is 2.92. The number of hydrogen-bond donors (Lipinski definition) is 3. The van der Waals surface area contributed by atoms with Gasteiger partial charge in [-0.25, -0.2) is 0 Å². The first-order valence-electron chi connectivity index (χ1n) is 12.9. The van der Waals surface area contributed by atoms with Crippen LogP contribution in [0.15, 0.2) is 66.8 Å². The number of rotatable bonds is 3. The van der Waals surface area contributed by atoms with Gasteiger partial charge in [0.15, 0.2) is 5.78 Å². The van der Waals surface area contributed by atoms with E-state index in [0.29, 0.717) is 18.4 Å². The highest BCUT2D eigenvalue weighted by Crippen LogP contribution is 2.58. The van der Waals surface area contributed by atoms with E-state index in [9.17, 15) is 24.6 Å². The Morgan fingerprint density at radius 1 is 1.19 bits per heavy atom. The van der Waals surface area contributed by atoms with Crippen LogP contribution in [-0.4, -0.2) is 51.7 Å². The molecule has 9 atom stereocenters. The summed E-state index contributed by atoms with van der Waals surface area (Å²) in [4.78, 5) is 39.5. The van der Waals surface area contributed by atoms with Gasteiger partial charge in [-0.15, -0.1) is 0 Å². The number of Topliss-reactive ketones (excluding diaryl/α,β-unsaturated/α-hetero) is 1. The van der Waals surface area contributed by atoms with Crippen molar-refractivity contribution in [3.05, 3.63) is 72.4 Å². The number of amides is 1. The zero-order valence-electron chi connectivity index (χ0n) is 21.9. The van der Waals surface area contributed by atoms with Crippen LogP contribution in [0, 0.1) is 29.1 Å². The van der Waals surface area contributed by atoms with Crippen LogP contribution in [0.3, 0.4) is 0 Å². The number of carbonyl (C=O) groups excluding carboxylic acids is 3. The van der Waals surface area contributed by atoms with Gasteiger partial charge in [-0.05, 0) is 49.0 Å². The number of aliphatic hydroxyl groups is 2. The summed E-state index contributed by atoms with van der Waals surface area (Å²) in [5.41, 5.74) is -1.55. The summed E-state index contributed by atoms with van der Waals surface area (Å²) in [6, 6.07) is 9.49. The van der Waals surface area contributed by atoms with Crippen LogP contribution in [-0.2, 0) is 25.5 Å². The van der Waals surface area contributed by atoms with Crippen molar-refractivity contribution >= 4 is 17.7 Å². The molecule has 7 nitrogen and oxygen atoms in total. The first-order chi connectivity index (χ1) is 17.4. The van der Waals surface area contributed by atoms with Crippen molar-refractivity contribution in [3.8, 4) is 0 Å². The van der Waals surface area contributed by atoms with E-state index in [4.69, 9.17) is 4.74 Å². The molecule has 1 amide bonds. The molecule has 198 valence electrons. The van der Waals surface area contributed by atoms with Crippen LogP contribution in [0.5, 0.6) is 0 Å². The van der Waals surface area contributed by atoms with Crippen LogP contribution in [0.4, 0.5) is 0 Å². The van der Waals surface area contributed by atoms with Crippen molar-refractivity contribution in [3.63, 3.8) is 0 Å². The number of ether oxygens (including phenoxy) is 1. The van der Waals surface area contributed by atoms with Crippen molar-refractivity contribution in [2.45, 2.75) is 64.4 Å². The van der Waals surface area contributed by atoms with Crippen molar-refractivity contribution in [1.82, 2.24) is 5.32 Å². The SMILES string of the molecule is C=C1[C@@H](O)[C@H]2C=CC[C@@H](C)C(=O)[C@](C)(O)C=C[C@H](OC(C)=O)[C@@]23C(=O)N[C@H](Cc2ccccc2)[C@H]3[C@H]1C. The van der Waals surface area contributed by atoms with Crippen LogP contribution in [0.1, 0.15) is 39.7 Å². The van der Waals surface area contributed by atoms with Crippen LogP contribution < -0.4 is 5.32 Å². The highest BCUT2D eigenvalue weighted by molar-refractivity contribution is 5.91. The second-order valence-electron chi connectivity index (χ2n) is 11.0. The van der Waals surface area contributed by atoms with Gasteiger partial charge in [0, 0.05) is 30.7 Å². The Bertz CT molecular complexity index is 1140. The number of ketones is 1. The molecule has 3 aliphatic rings. The van der Waals surface area contributed by atoms with E-state index in [2.05, 4.69) is 11.9 Å². The van der Waals surface area contributed by atoms with Crippen LogP contribution in [0.25, 0.3) is 0 Å². The molecule has 4 rings (SSSR count). The standard InChI is InChI=1S/C30H37NO6/c1-17-10-9-13-22-26(33)19(3)18(2)25-23(16-21-11-7-6-8-12-21)31-28(35)30(22,25)24(37-20(4)32)14-15-29(5,36)27(17)34/h6-9,11-15,17-18,22-26,33,36H,3,10,16H2,1-2,4-5H3,(H,31,35)/t17-,18+,22-,23-,24+,25-,26-,29-,30+/m1/s1. The van der Waals surface area contributed by atoms with Crippen molar-refractivity contribution in [2.75, 3.05) is 0 Å². The summed E-state index contributed by atoms with van der Waals surface area (Å²) in [6.45, 7) is 10.5. The molecular formula is C30H37NO6. The number of carbonyl (C=O) groups is 3. The normalized spacial score (nSPS) is 39.8. The summed E-state index contributed by atoms with van der Waals surface area (Å²) >= 11 is 0. The van der Waals surface area contributed by atoms with Gasteiger partial charge in [0.1, 0.15) is 17.1 Å². The minimum absolute atomic E-state index is 0.287. The third kappa shape index (κ3) is 4.59. The topological polar surface area (TPSA) is 113 Å². The highest BCUT2D eigenvalue weighted by atomic mass is 16.5. The van der Waals surface area contributed by atoms with E-state index in [1.165, 1.54) is 26.0 Å². The van der Waals surface area contributed by atoms with E-state index >= 15 is 0 Å². The van der Waals surface area contributed by atoms with Gasteiger partial charge in [0.05, 0.1) is 6.10 Å². The molecule has 0 bridgehead atoms. The molecule has 1 aromatic rings. The Morgan fingerprint density at radius 3 is 2.51 bits per heavy atom. The Balaban J connectivity index is 1.94. The van der Waals surface area contributed by atoms with Crippen molar-refractivity contribution in [1.29, 1.82) is 0 Å². The molecular weight excluding hydrogens is 470 g/mol. The zero-order chi connectivity index (χ0) is 27.1. The number of esters is 1. The van der Waals surface area contributed by atoms with Gasteiger partial charge < -0.3 is 20.3 Å². The van der Waals surface area contributed by atoms with Crippen molar-refractivity contribution < 1.29 is 29.3 Å². The molecule has 2 aliphatic carbocycles. The lowest BCUT2D eigenvalue weighted by Crippen LogP contribution is -2.60. The Morgan fingerprint density at radius 2 is 1.86 bits per heavy atom. The van der Waals surface area contributed by atoms with Gasteiger partial charge in [0.25, 0.3) is 0 Å².